The monoisotopic (exact) mass is 283 g/mol. The molecule has 106 valence electrons. The maximum absolute atomic E-state index is 12.6. The summed E-state index contributed by atoms with van der Waals surface area (Å²) in [5.74, 6) is 0.347. The van der Waals surface area contributed by atoms with Gasteiger partial charge in [0.1, 0.15) is 11.5 Å². The summed E-state index contributed by atoms with van der Waals surface area (Å²) in [5.41, 5.74) is 0.267. The molecule has 0 aliphatic heterocycles. The Hall–Kier alpha value is -2.08. The van der Waals surface area contributed by atoms with Crippen molar-refractivity contribution in [2.45, 2.75) is 19.7 Å². The Morgan fingerprint density at radius 2 is 2.00 bits per heavy atom. The molecular weight excluding hydrogens is 271 g/mol. The lowest BCUT2D eigenvalue weighted by Crippen LogP contribution is -2.04. The maximum Gasteiger partial charge on any atom is 0.416 e. The zero-order chi connectivity index (χ0) is 14.8. The highest BCUT2D eigenvalue weighted by molar-refractivity contribution is 5.39. The molecule has 0 fully saturated rings. The second-order valence-electron chi connectivity index (χ2n) is 4.22. The fourth-order valence-electron chi connectivity index (χ4n) is 1.64. The quantitative estimate of drug-likeness (QED) is 0.934. The van der Waals surface area contributed by atoms with Gasteiger partial charge < -0.3 is 9.84 Å². The van der Waals surface area contributed by atoms with Crippen LogP contribution in [-0.4, -0.2) is 10.1 Å². The Labute approximate surface area is 113 Å². The van der Waals surface area contributed by atoms with Gasteiger partial charge in [-0.2, -0.15) is 13.2 Å². The molecule has 0 spiro atoms. The SMILES string of the molecule is Cc1cc(Oc2cccc(C(F)(F)F)c2)c(CO)cn1. The molecule has 2 rings (SSSR count). The third kappa shape index (κ3) is 3.27. The van der Waals surface area contributed by atoms with Gasteiger partial charge in [0.05, 0.1) is 12.2 Å². The van der Waals surface area contributed by atoms with Gasteiger partial charge in [-0.25, -0.2) is 0 Å². The fourth-order valence-corrected chi connectivity index (χ4v) is 1.64. The van der Waals surface area contributed by atoms with Gasteiger partial charge in [-0.3, -0.25) is 4.98 Å². The van der Waals surface area contributed by atoms with E-state index in [0.717, 1.165) is 12.1 Å². The molecule has 0 unspecified atom stereocenters. The smallest absolute Gasteiger partial charge is 0.416 e. The lowest BCUT2D eigenvalue weighted by molar-refractivity contribution is -0.137. The number of ether oxygens (including phenoxy) is 1. The van der Waals surface area contributed by atoms with E-state index in [1.165, 1.54) is 18.3 Å². The highest BCUT2D eigenvalue weighted by Crippen LogP contribution is 2.33. The number of rotatable bonds is 3. The topological polar surface area (TPSA) is 42.4 Å². The van der Waals surface area contributed by atoms with E-state index >= 15 is 0 Å². The molecule has 0 aliphatic carbocycles. The summed E-state index contributed by atoms with van der Waals surface area (Å²) in [4.78, 5) is 3.99. The van der Waals surface area contributed by atoms with Crippen molar-refractivity contribution < 1.29 is 23.0 Å². The first-order chi connectivity index (χ1) is 9.40. The second-order valence-corrected chi connectivity index (χ2v) is 4.22. The van der Waals surface area contributed by atoms with Gasteiger partial charge in [0, 0.05) is 23.5 Å². The van der Waals surface area contributed by atoms with Gasteiger partial charge in [-0.05, 0) is 25.1 Å². The molecule has 1 N–H and O–H groups in total. The molecule has 0 atom stereocenters. The normalized spacial score (nSPS) is 11.4. The first-order valence-electron chi connectivity index (χ1n) is 5.81. The van der Waals surface area contributed by atoms with Crippen LogP contribution in [0.3, 0.4) is 0 Å². The molecule has 2 aromatic rings. The Morgan fingerprint density at radius 3 is 2.65 bits per heavy atom. The molecule has 1 aromatic carbocycles. The maximum atomic E-state index is 12.6. The summed E-state index contributed by atoms with van der Waals surface area (Å²) in [6.07, 6.45) is -2.99. The summed E-state index contributed by atoms with van der Waals surface area (Å²) in [6.45, 7) is 1.42. The zero-order valence-electron chi connectivity index (χ0n) is 10.6. The largest absolute Gasteiger partial charge is 0.457 e. The van der Waals surface area contributed by atoms with Crippen molar-refractivity contribution in [3.63, 3.8) is 0 Å². The first kappa shape index (κ1) is 14.3. The molecule has 0 aliphatic rings. The molecule has 0 radical (unpaired) electrons. The van der Waals surface area contributed by atoms with Crippen molar-refractivity contribution in [1.29, 1.82) is 0 Å². The number of alkyl halides is 3. The number of aliphatic hydroxyl groups excluding tert-OH is 1. The highest BCUT2D eigenvalue weighted by atomic mass is 19.4. The molecular formula is C14H12F3NO2. The third-order valence-electron chi connectivity index (χ3n) is 2.64. The molecule has 0 amide bonds. The van der Waals surface area contributed by atoms with Gasteiger partial charge in [-0.1, -0.05) is 6.07 Å². The fraction of sp³-hybridized carbons (Fsp3) is 0.214. The molecule has 0 saturated carbocycles. The van der Waals surface area contributed by atoms with E-state index in [-0.39, 0.29) is 12.4 Å². The van der Waals surface area contributed by atoms with Crippen molar-refractivity contribution >= 4 is 0 Å². The molecule has 1 aromatic heterocycles. The number of nitrogens with zero attached hydrogens (tertiary/aromatic N) is 1. The van der Waals surface area contributed by atoms with Crippen molar-refractivity contribution in [2.75, 3.05) is 0 Å². The summed E-state index contributed by atoms with van der Waals surface area (Å²) in [7, 11) is 0. The standard InChI is InChI=1S/C14H12F3NO2/c1-9-5-13(10(8-19)7-18-9)20-12-4-2-3-11(6-12)14(15,16)17/h2-7,19H,8H2,1H3. The van der Waals surface area contributed by atoms with Crippen LogP contribution >= 0.6 is 0 Å². The molecule has 0 bridgehead atoms. The Kier molecular flexibility index (Phi) is 3.94. The number of aryl methyl sites for hydroxylation is 1. The van der Waals surface area contributed by atoms with Gasteiger partial charge >= 0.3 is 6.18 Å². The molecule has 20 heavy (non-hydrogen) atoms. The van der Waals surface area contributed by atoms with Gasteiger partial charge in [-0.15, -0.1) is 0 Å². The number of aliphatic hydroxyl groups is 1. The predicted octanol–water partition coefficient (Wildman–Crippen LogP) is 3.69. The van der Waals surface area contributed by atoms with Crippen LogP contribution in [0.25, 0.3) is 0 Å². The number of halogens is 3. The summed E-state index contributed by atoms with van der Waals surface area (Å²) in [6, 6.07) is 6.14. The van der Waals surface area contributed by atoms with Crippen molar-refractivity contribution in [3.05, 3.63) is 53.3 Å². The minimum atomic E-state index is -4.42. The van der Waals surface area contributed by atoms with E-state index in [2.05, 4.69) is 4.98 Å². The Bertz CT molecular complexity index is 612. The summed E-state index contributed by atoms with van der Waals surface area (Å²) in [5, 5.41) is 9.17. The number of hydrogen-bond donors (Lipinski definition) is 1. The molecule has 3 nitrogen and oxygen atoms in total. The van der Waals surface area contributed by atoms with E-state index in [4.69, 9.17) is 4.74 Å². The van der Waals surface area contributed by atoms with Crippen LogP contribution in [0.15, 0.2) is 36.5 Å². The number of benzene rings is 1. The van der Waals surface area contributed by atoms with Crippen molar-refractivity contribution in [1.82, 2.24) is 4.98 Å². The van der Waals surface area contributed by atoms with E-state index < -0.39 is 11.7 Å². The Balaban J connectivity index is 2.33. The van der Waals surface area contributed by atoms with Crippen molar-refractivity contribution in [2.24, 2.45) is 0 Å². The Morgan fingerprint density at radius 1 is 1.25 bits per heavy atom. The molecule has 0 saturated heterocycles. The lowest BCUT2D eigenvalue weighted by Gasteiger charge is -2.12. The van der Waals surface area contributed by atoms with Crippen LogP contribution in [-0.2, 0) is 12.8 Å². The lowest BCUT2D eigenvalue weighted by atomic mass is 10.2. The van der Waals surface area contributed by atoms with Crippen LogP contribution in [0.2, 0.25) is 0 Å². The number of hydrogen-bond acceptors (Lipinski definition) is 3. The van der Waals surface area contributed by atoms with Crippen LogP contribution in [0.1, 0.15) is 16.8 Å². The van der Waals surface area contributed by atoms with Gasteiger partial charge in [0.25, 0.3) is 0 Å². The highest BCUT2D eigenvalue weighted by Gasteiger charge is 2.30. The zero-order valence-corrected chi connectivity index (χ0v) is 10.6. The molecule has 1 heterocycles. The van der Waals surface area contributed by atoms with E-state index in [0.29, 0.717) is 17.0 Å². The van der Waals surface area contributed by atoms with Crippen LogP contribution < -0.4 is 4.74 Å². The first-order valence-corrected chi connectivity index (χ1v) is 5.81. The number of pyridine rings is 1. The van der Waals surface area contributed by atoms with Gasteiger partial charge in [0.2, 0.25) is 0 Å². The average molecular weight is 283 g/mol. The van der Waals surface area contributed by atoms with E-state index in [9.17, 15) is 18.3 Å². The predicted molar refractivity (Wildman–Crippen MR) is 66.4 cm³/mol. The minimum Gasteiger partial charge on any atom is -0.457 e. The van der Waals surface area contributed by atoms with E-state index in [1.807, 2.05) is 0 Å². The van der Waals surface area contributed by atoms with E-state index in [1.54, 1.807) is 13.0 Å². The minimum absolute atomic E-state index is 0.0557. The van der Waals surface area contributed by atoms with Gasteiger partial charge in [0.15, 0.2) is 0 Å². The number of aromatic nitrogens is 1. The second kappa shape index (κ2) is 5.50. The molecule has 6 heteroatoms. The van der Waals surface area contributed by atoms with Crippen LogP contribution in [0.4, 0.5) is 13.2 Å². The summed E-state index contributed by atoms with van der Waals surface area (Å²) < 4.78 is 43.2. The average Bonchev–Trinajstić information content (AvgIpc) is 2.38. The van der Waals surface area contributed by atoms with Crippen molar-refractivity contribution in [3.8, 4) is 11.5 Å². The van der Waals surface area contributed by atoms with Crippen LogP contribution in [0, 0.1) is 6.92 Å². The van der Waals surface area contributed by atoms with Crippen LogP contribution in [0.5, 0.6) is 11.5 Å². The summed E-state index contributed by atoms with van der Waals surface area (Å²) >= 11 is 0. The third-order valence-corrected chi connectivity index (χ3v) is 2.64.